The van der Waals surface area contributed by atoms with Crippen LogP contribution in [0, 0.1) is 5.82 Å². The van der Waals surface area contributed by atoms with Crippen molar-refractivity contribution in [2.24, 2.45) is 0 Å². The molecule has 2 aromatic rings. The predicted octanol–water partition coefficient (Wildman–Crippen LogP) is 3.93. The van der Waals surface area contributed by atoms with Gasteiger partial charge in [-0.25, -0.2) is 4.39 Å². The molecule has 0 aliphatic heterocycles. The molecule has 1 atom stereocenters. The Labute approximate surface area is 125 Å². The van der Waals surface area contributed by atoms with E-state index in [2.05, 4.69) is 20.8 Å². The van der Waals surface area contributed by atoms with Crippen molar-refractivity contribution in [1.29, 1.82) is 0 Å². The van der Waals surface area contributed by atoms with Crippen LogP contribution in [0.25, 0.3) is 0 Å². The van der Waals surface area contributed by atoms with Crippen LogP contribution < -0.4 is 10.6 Å². The molecule has 0 spiro atoms. The van der Waals surface area contributed by atoms with E-state index < -0.39 is 5.82 Å². The van der Waals surface area contributed by atoms with Crippen LogP contribution in [0.1, 0.15) is 25.8 Å². The first-order valence-corrected chi connectivity index (χ1v) is 6.75. The van der Waals surface area contributed by atoms with Crippen molar-refractivity contribution in [2.75, 3.05) is 11.9 Å². The maximum Gasteiger partial charge on any atom is 0.320 e. The third-order valence-corrected chi connectivity index (χ3v) is 3.16. The third-order valence-electron chi connectivity index (χ3n) is 2.56. The van der Waals surface area contributed by atoms with Crippen molar-refractivity contribution in [2.45, 2.75) is 19.9 Å². The molecular weight excluding hydrogens is 306 g/mol. The third kappa shape index (κ3) is 3.39. The SMILES string of the molecule is CCNC(C)c1nnc(Nc2c(Cl)cc(F)cc2Cl)o1. The monoisotopic (exact) mass is 318 g/mol. The van der Waals surface area contributed by atoms with E-state index in [0.29, 0.717) is 11.6 Å². The number of hydrogen-bond donors (Lipinski definition) is 2. The van der Waals surface area contributed by atoms with Gasteiger partial charge in [-0.3, -0.25) is 0 Å². The average molecular weight is 319 g/mol. The molecule has 20 heavy (non-hydrogen) atoms. The summed E-state index contributed by atoms with van der Waals surface area (Å²) < 4.78 is 18.5. The molecule has 1 aromatic heterocycles. The van der Waals surface area contributed by atoms with Crippen LogP contribution in [0.15, 0.2) is 16.5 Å². The molecule has 0 radical (unpaired) electrons. The van der Waals surface area contributed by atoms with Gasteiger partial charge in [0.1, 0.15) is 5.82 Å². The van der Waals surface area contributed by atoms with E-state index in [1.807, 2.05) is 13.8 Å². The standard InChI is InChI=1S/C12H13Cl2FN4O/c1-3-16-6(2)11-18-19-12(20-11)17-10-8(13)4-7(15)5-9(10)14/h4-6,16H,3H2,1-2H3,(H,17,19). The molecule has 5 nitrogen and oxygen atoms in total. The minimum atomic E-state index is -0.516. The number of halogens is 3. The normalized spacial score (nSPS) is 12.4. The number of nitrogens with zero attached hydrogens (tertiary/aromatic N) is 2. The van der Waals surface area contributed by atoms with E-state index in [1.54, 1.807) is 0 Å². The molecule has 1 heterocycles. The summed E-state index contributed by atoms with van der Waals surface area (Å²) in [5.74, 6) is -0.0822. The Balaban J connectivity index is 2.19. The van der Waals surface area contributed by atoms with Gasteiger partial charge in [-0.15, -0.1) is 5.10 Å². The van der Waals surface area contributed by atoms with E-state index in [9.17, 15) is 4.39 Å². The Morgan fingerprint density at radius 1 is 1.30 bits per heavy atom. The summed E-state index contributed by atoms with van der Waals surface area (Å²) in [6.07, 6.45) is 0. The van der Waals surface area contributed by atoms with Crippen molar-refractivity contribution in [3.8, 4) is 0 Å². The van der Waals surface area contributed by atoms with Crippen LogP contribution in [0.4, 0.5) is 16.1 Å². The van der Waals surface area contributed by atoms with Gasteiger partial charge in [0.25, 0.3) is 0 Å². The Kier molecular flexibility index (Phi) is 4.80. The molecule has 1 aromatic carbocycles. The molecule has 0 bridgehead atoms. The first-order chi connectivity index (χ1) is 9.51. The lowest BCUT2D eigenvalue weighted by molar-refractivity contribution is 0.430. The van der Waals surface area contributed by atoms with Gasteiger partial charge < -0.3 is 15.1 Å². The van der Waals surface area contributed by atoms with Crippen molar-refractivity contribution >= 4 is 34.9 Å². The Bertz CT molecular complexity index is 582. The molecule has 0 saturated carbocycles. The van der Waals surface area contributed by atoms with E-state index in [0.717, 1.165) is 18.7 Å². The van der Waals surface area contributed by atoms with Crippen molar-refractivity contribution in [3.63, 3.8) is 0 Å². The molecule has 0 amide bonds. The number of aromatic nitrogens is 2. The lowest BCUT2D eigenvalue weighted by Gasteiger charge is -2.07. The van der Waals surface area contributed by atoms with Gasteiger partial charge in [-0.2, -0.15) is 0 Å². The van der Waals surface area contributed by atoms with Crippen LogP contribution in [-0.4, -0.2) is 16.7 Å². The van der Waals surface area contributed by atoms with Crippen molar-refractivity contribution in [3.05, 3.63) is 33.9 Å². The number of nitrogens with one attached hydrogen (secondary N) is 2. The highest BCUT2D eigenvalue weighted by Crippen LogP contribution is 2.33. The summed E-state index contributed by atoms with van der Waals surface area (Å²) in [4.78, 5) is 0. The zero-order chi connectivity index (χ0) is 14.7. The number of benzene rings is 1. The molecule has 2 N–H and O–H groups in total. The molecule has 8 heteroatoms. The van der Waals surface area contributed by atoms with Crippen LogP contribution >= 0.6 is 23.2 Å². The predicted molar refractivity (Wildman–Crippen MR) is 76.1 cm³/mol. The zero-order valence-corrected chi connectivity index (χ0v) is 12.4. The second kappa shape index (κ2) is 6.39. The summed E-state index contributed by atoms with van der Waals surface area (Å²) >= 11 is 11.8. The fraction of sp³-hybridized carbons (Fsp3) is 0.333. The van der Waals surface area contributed by atoms with Crippen molar-refractivity contribution < 1.29 is 8.81 Å². The maximum atomic E-state index is 13.1. The molecule has 2 rings (SSSR count). The number of anilines is 2. The summed E-state index contributed by atoms with van der Waals surface area (Å²) in [5.41, 5.74) is 0.320. The van der Waals surface area contributed by atoms with Gasteiger partial charge in [0.15, 0.2) is 0 Å². The number of rotatable bonds is 5. The lowest BCUT2D eigenvalue weighted by atomic mass is 10.3. The summed E-state index contributed by atoms with van der Waals surface area (Å²) in [6.45, 7) is 4.66. The average Bonchev–Trinajstić information content (AvgIpc) is 2.82. The summed E-state index contributed by atoms with van der Waals surface area (Å²) in [5, 5.41) is 13.9. The number of hydrogen-bond acceptors (Lipinski definition) is 5. The van der Waals surface area contributed by atoms with E-state index in [1.165, 1.54) is 0 Å². The Morgan fingerprint density at radius 3 is 2.55 bits per heavy atom. The zero-order valence-electron chi connectivity index (χ0n) is 10.9. The highest BCUT2D eigenvalue weighted by atomic mass is 35.5. The van der Waals surface area contributed by atoms with E-state index in [4.69, 9.17) is 27.6 Å². The molecule has 0 aliphatic carbocycles. The summed E-state index contributed by atoms with van der Waals surface area (Å²) in [7, 11) is 0. The first kappa shape index (κ1) is 15.0. The fourth-order valence-electron chi connectivity index (χ4n) is 1.62. The van der Waals surface area contributed by atoms with Gasteiger partial charge in [0.05, 0.1) is 21.8 Å². The molecule has 1 unspecified atom stereocenters. The molecule has 0 saturated heterocycles. The maximum absolute atomic E-state index is 13.1. The second-order valence-corrected chi connectivity index (χ2v) is 4.91. The minimum Gasteiger partial charge on any atom is -0.406 e. The Morgan fingerprint density at radius 2 is 1.95 bits per heavy atom. The lowest BCUT2D eigenvalue weighted by Crippen LogP contribution is -2.17. The van der Waals surface area contributed by atoms with Crippen LogP contribution in [0.2, 0.25) is 10.0 Å². The topological polar surface area (TPSA) is 63.0 Å². The van der Waals surface area contributed by atoms with Gasteiger partial charge in [0.2, 0.25) is 5.89 Å². The molecule has 0 aliphatic rings. The van der Waals surface area contributed by atoms with Gasteiger partial charge in [-0.1, -0.05) is 35.2 Å². The second-order valence-electron chi connectivity index (χ2n) is 4.09. The van der Waals surface area contributed by atoms with Gasteiger partial charge >= 0.3 is 6.01 Å². The largest absolute Gasteiger partial charge is 0.406 e. The molecular formula is C12H13Cl2FN4O. The van der Waals surface area contributed by atoms with Gasteiger partial charge in [-0.05, 0) is 25.6 Å². The van der Waals surface area contributed by atoms with E-state index >= 15 is 0 Å². The molecule has 0 fully saturated rings. The smallest absolute Gasteiger partial charge is 0.320 e. The minimum absolute atomic E-state index is 0.0674. The van der Waals surface area contributed by atoms with E-state index in [-0.39, 0.29) is 22.1 Å². The van der Waals surface area contributed by atoms with Crippen molar-refractivity contribution in [1.82, 2.24) is 15.5 Å². The van der Waals surface area contributed by atoms with Crippen LogP contribution in [0.3, 0.4) is 0 Å². The highest BCUT2D eigenvalue weighted by molar-refractivity contribution is 6.39. The fourth-order valence-corrected chi connectivity index (χ4v) is 2.18. The quantitative estimate of drug-likeness (QED) is 0.874. The van der Waals surface area contributed by atoms with Crippen LogP contribution in [-0.2, 0) is 0 Å². The highest BCUT2D eigenvalue weighted by Gasteiger charge is 2.15. The van der Waals surface area contributed by atoms with Gasteiger partial charge in [0, 0.05) is 0 Å². The Hall–Kier alpha value is -1.37. The molecule has 108 valence electrons. The summed E-state index contributed by atoms with van der Waals surface area (Å²) in [6, 6.07) is 2.37. The van der Waals surface area contributed by atoms with Crippen LogP contribution in [0.5, 0.6) is 0 Å². The first-order valence-electron chi connectivity index (χ1n) is 5.99.